The van der Waals surface area contributed by atoms with Crippen LogP contribution in [0.2, 0.25) is 0 Å². The van der Waals surface area contributed by atoms with Crippen LogP contribution in [0.3, 0.4) is 0 Å². The fourth-order valence-corrected chi connectivity index (χ4v) is 5.66. The van der Waals surface area contributed by atoms with Crippen LogP contribution in [0.25, 0.3) is 22.0 Å². The number of nitrogens with zero attached hydrogens (tertiary/aromatic N) is 2. The Morgan fingerprint density at radius 1 is 1.12 bits per heavy atom. The Morgan fingerprint density at radius 2 is 1.93 bits per heavy atom. The van der Waals surface area contributed by atoms with Crippen LogP contribution in [-0.4, -0.2) is 70.6 Å². The van der Waals surface area contributed by atoms with E-state index in [0.29, 0.717) is 56.1 Å². The van der Waals surface area contributed by atoms with Gasteiger partial charge in [-0.25, -0.2) is 9.78 Å². The van der Waals surface area contributed by atoms with E-state index in [1.54, 1.807) is 30.3 Å². The summed E-state index contributed by atoms with van der Waals surface area (Å²) in [5.74, 6) is 0.0527. The molecule has 5 rings (SSSR count). The average Bonchev–Trinajstić information content (AvgIpc) is 3.62. The SMILES string of the molecule is COCCOC(=O)N1CCc2c([nH]c3ccc(C(=O)C(Cl)(Cl)Cl)c(-c4ccc(OCCNc5nccs5)cc4)c23)C1. The largest absolute Gasteiger partial charge is 0.492 e. The van der Waals surface area contributed by atoms with Crippen LogP contribution in [0, 0.1) is 0 Å². The number of fused-ring (bicyclic) bond motifs is 3. The van der Waals surface area contributed by atoms with Crippen LogP contribution in [0.15, 0.2) is 48.0 Å². The van der Waals surface area contributed by atoms with Crippen LogP contribution in [0.4, 0.5) is 9.93 Å². The molecule has 0 atom stereocenters. The minimum absolute atomic E-state index is 0.181. The number of methoxy groups -OCH3 is 1. The van der Waals surface area contributed by atoms with Crippen molar-refractivity contribution < 1.29 is 23.8 Å². The number of nitrogens with one attached hydrogen (secondary N) is 2. The highest BCUT2D eigenvalue weighted by Gasteiger charge is 2.35. The van der Waals surface area contributed by atoms with E-state index in [2.05, 4.69) is 15.3 Å². The highest BCUT2D eigenvalue weighted by molar-refractivity contribution is 7.13. The van der Waals surface area contributed by atoms with E-state index < -0.39 is 15.7 Å². The molecule has 0 spiro atoms. The monoisotopic (exact) mass is 636 g/mol. The normalized spacial score (nSPS) is 13.2. The molecule has 0 radical (unpaired) electrons. The fourth-order valence-electron chi connectivity index (χ4n) is 4.79. The lowest BCUT2D eigenvalue weighted by Gasteiger charge is -2.26. The Hall–Kier alpha value is -3.02. The Bertz CT molecular complexity index is 1520. The topological polar surface area (TPSA) is 106 Å². The third-order valence-electron chi connectivity index (χ3n) is 6.63. The summed E-state index contributed by atoms with van der Waals surface area (Å²) in [6, 6.07) is 10.9. The molecule has 2 aromatic heterocycles. The summed E-state index contributed by atoms with van der Waals surface area (Å²) in [5.41, 5.74) is 4.40. The summed E-state index contributed by atoms with van der Waals surface area (Å²) < 4.78 is 14.0. The van der Waals surface area contributed by atoms with Gasteiger partial charge in [-0.2, -0.15) is 0 Å². The van der Waals surface area contributed by atoms with E-state index in [1.807, 2.05) is 29.6 Å². The van der Waals surface area contributed by atoms with Crippen molar-refractivity contribution in [1.29, 1.82) is 0 Å². The minimum Gasteiger partial charge on any atom is -0.492 e. The zero-order valence-electron chi connectivity index (χ0n) is 22.0. The van der Waals surface area contributed by atoms with E-state index in [1.165, 1.54) is 11.3 Å². The number of thiazole rings is 1. The summed E-state index contributed by atoms with van der Waals surface area (Å²) in [7, 11) is 1.55. The molecule has 9 nitrogen and oxygen atoms in total. The Kier molecular flexibility index (Phi) is 9.25. The predicted octanol–water partition coefficient (Wildman–Crippen LogP) is 6.48. The number of alkyl halides is 3. The van der Waals surface area contributed by atoms with Crippen molar-refractivity contribution >= 4 is 74.1 Å². The first-order valence-corrected chi connectivity index (χ1v) is 14.8. The summed E-state index contributed by atoms with van der Waals surface area (Å²) in [4.78, 5) is 35.1. The van der Waals surface area contributed by atoms with Crippen LogP contribution in [0.1, 0.15) is 21.6 Å². The van der Waals surface area contributed by atoms with Gasteiger partial charge in [0.15, 0.2) is 5.13 Å². The number of hydrogen-bond donors (Lipinski definition) is 2. The number of Topliss-reactive ketones (excluding diaryl/α,β-unsaturated/α-hetero) is 1. The van der Waals surface area contributed by atoms with Gasteiger partial charge in [0, 0.05) is 53.0 Å². The van der Waals surface area contributed by atoms with Crippen LogP contribution < -0.4 is 10.1 Å². The van der Waals surface area contributed by atoms with Crippen molar-refractivity contribution in [3.63, 3.8) is 0 Å². The Labute approximate surface area is 255 Å². The molecule has 1 amide bonds. The number of benzene rings is 2. The van der Waals surface area contributed by atoms with Gasteiger partial charge >= 0.3 is 6.09 Å². The molecule has 41 heavy (non-hydrogen) atoms. The van der Waals surface area contributed by atoms with Gasteiger partial charge in [0.05, 0.1) is 19.7 Å². The van der Waals surface area contributed by atoms with Crippen molar-refractivity contribution in [2.75, 3.05) is 45.3 Å². The highest BCUT2D eigenvalue weighted by Crippen LogP contribution is 2.41. The molecular weight excluding hydrogens is 611 g/mol. The van der Waals surface area contributed by atoms with Crippen LogP contribution in [0.5, 0.6) is 5.75 Å². The lowest BCUT2D eigenvalue weighted by molar-refractivity contribution is 0.0686. The fraction of sp³-hybridized carbons (Fsp3) is 0.321. The molecular formula is C28H27Cl3N4O5S. The first-order valence-electron chi connectivity index (χ1n) is 12.8. The smallest absolute Gasteiger partial charge is 0.410 e. The molecule has 4 aromatic rings. The summed E-state index contributed by atoms with van der Waals surface area (Å²) in [5, 5.41) is 6.80. The number of H-pyrrole nitrogens is 1. The standard InChI is InChI=1S/C28H27Cl3N4O5S/c1-38-13-14-40-27(37)35-11-8-19-22(16-35)34-21-7-6-20(25(36)28(29,30)31)23(24(19)21)17-2-4-18(5-3-17)39-12-9-32-26-33-10-15-41-26/h2-7,10,15,34H,8-9,11-14,16H2,1H3,(H,32,33). The Morgan fingerprint density at radius 3 is 2.63 bits per heavy atom. The van der Waals surface area contributed by atoms with Crippen LogP contribution >= 0.6 is 46.1 Å². The number of halogens is 3. The van der Waals surface area contributed by atoms with Gasteiger partial charge in [-0.3, -0.25) is 4.79 Å². The molecule has 0 aliphatic carbocycles. The summed E-state index contributed by atoms with van der Waals surface area (Å²) in [6.45, 7) is 2.35. The number of rotatable bonds is 10. The lowest BCUT2D eigenvalue weighted by atomic mass is 9.90. The van der Waals surface area contributed by atoms with Crippen molar-refractivity contribution in [2.24, 2.45) is 0 Å². The minimum atomic E-state index is -2.13. The molecule has 216 valence electrons. The number of carbonyl (C=O) groups is 2. The number of carbonyl (C=O) groups excluding carboxylic acids is 2. The van der Waals surface area contributed by atoms with Gasteiger partial charge in [0.1, 0.15) is 19.0 Å². The van der Waals surface area contributed by atoms with Crippen LogP contribution in [-0.2, 0) is 22.4 Å². The zero-order valence-corrected chi connectivity index (χ0v) is 25.1. The second-order valence-electron chi connectivity index (χ2n) is 9.24. The third-order valence-corrected chi connectivity index (χ3v) is 7.88. The molecule has 3 heterocycles. The van der Waals surface area contributed by atoms with E-state index in [9.17, 15) is 9.59 Å². The molecule has 1 aliphatic heterocycles. The predicted molar refractivity (Wildman–Crippen MR) is 162 cm³/mol. The third kappa shape index (κ3) is 6.73. The first kappa shape index (κ1) is 29.5. The van der Waals surface area contributed by atoms with Gasteiger partial charge < -0.3 is 29.4 Å². The number of anilines is 1. The van der Waals surface area contributed by atoms with Crippen molar-refractivity contribution in [3.05, 3.63) is 64.8 Å². The molecule has 0 bridgehead atoms. The maximum Gasteiger partial charge on any atom is 0.410 e. The van der Waals surface area contributed by atoms with Gasteiger partial charge in [-0.05, 0) is 41.8 Å². The average molecular weight is 638 g/mol. The second-order valence-corrected chi connectivity index (χ2v) is 12.4. The highest BCUT2D eigenvalue weighted by atomic mass is 35.6. The summed E-state index contributed by atoms with van der Waals surface area (Å²) in [6.07, 6.45) is 1.89. The maximum atomic E-state index is 13.3. The van der Waals surface area contributed by atoms with Gasteiger partial charge in [0.2, 0.25) is 5.78 Å². The summed E-state index contributed by atoms with van der Waals surface area (Å²) >= 11 is 19.7. The quantitative estimate of drug-likeness (QED) is 0.117. The molecule has 2 N–H and O–H groups in total. The molecule has 0 unspecified atom stereocenters. The number of aromatic amines is 1. The van der Waals surface area contributed by atoms with E-state index in [4.69, 9.17) is 49.0 Å². The van der Waals surface area contributed by atoms with Crippen molar-refractivity contribution in [2.45, 2.75) is 16.8 Å². The molecule has 0 fully saturated rings. The number of amides is 1. The van der Waals surface area contributed by atoms with E-state index in [-0.39, 0.29) is 6.61 Å². The van der Waals surface area contributed by atoms with Crippen molar-refractivity contribution in [3.8, 4) is 16.9 Å². The first-order chi connectivity index (χ1) is 19.8. The molecule has 0 saturated carbocycles. The van der Waals surface area contributed by atoms with Gasteiger partial charge in [-0.1, -0.05) is 46.9 Å². The number of ether oxygens (including phenoxy) is 3. The zero-order chi connectivity index (χ0) is 29.0. The number of aromatic nitrogens is 2. The molecule has 13 heteroatoms. The molecule has 2 aromatic carbocycles. The van der Waals surface area contributed by atoms with Gasteiger partial charge in [-0.15, -0.1) is 11.3 Å². The number of ketones is 1. The molecule has 0 saturated heterocycles. The van der Waals surface area contributed by atoms with E-state index >= 15 is 0 Å². The second kappa shape index (κ2) is 12.9. The van der Waals surface area contributed by atoms with Crippen molar-refractivity contribution in [1.82, 2.24) is 14.9 Å². The Balaban J connectivity index is 1.44. The maximum absolute atomic E-state index is 13.3. The van der Waals surface area contributed by atoms with Gasteiger partial charge in [0.25, 0.3) is 3.79 Å². The number of hydrogen-bond acceptors (Lipinski definition) is 8. The lowest BCUT2D eigenvalue weighted by Crippen LogP contribution is -2.36. The molecule has 1 aliphatic rings. The van der Waals surface area contributed by atoms with E-state index in [0.717, 1.165) is 32.9 Å².